The predicted molar refractivity (Wildman–Crippen MR) is 116 cm³/mol. The average Bonchev–Trinajstić information content (AvgIpc) is 3.16. The van der Waals surface area contributed by atoms with Crippen LogP contribution in [0.25, 0.3) is 5.69 Å². The minimum absolute atomic E-state index is 0.107. The summed E-state index contributed by atoms with van der Waals surface area (Å²) in [6, 6.07) is 12.9. The molecule has 2 amide bonds. The summed E-state index contributed by atoms with van der Waals surface area (Å²) in [5.74, 6) is 0.292. The van der Waals surface area contributed by atoms with Crippen molar-refractivity contribution in [2.45, 2.75) is 25.9 Å². The van der Waals surface area contributed by atoms with Crippen molar-refractivity contribution in [1.29, 1.82) is 0 Å². The van der Waals surface area contributed by atoms with Crippen molar-refractivity contribution in [2.75, 3.05) is 19.0 Å². The highest BCUT2D eigenvalue weighted by Gasteiger charge is 2.30. The van der Waals surface area contributed by atoms with Gasteiger partial charge in [0.1, 0.15) is 11.6 Å². The Morgan fingerprint density at radius 2 is 1.82 bits per heavy atom. The fourth-order valence-electron chi connectivity index (χ4n) is 3.10. The summed E-state index contributed by atoms with van der Waals surface area (Å²) >= 11 is 0. The SMILES string of the molecule is COc1ccc(C(=O)NCCCC(=O)Nc2cc(C)nn2-c2cccc(C(F)(F)F)c2)cc1. The Morgan fingerprint density at radius 1 is 1.09 bits per heavy atom. The smallest absolute Gasteiger partial charge is 0.416 e. The zero-order chi connectivity index (χ0) is 24.0. The molecule has 3 aromatic rings. The van der Waals surface area contributed by atoms with Gasteiger partial charge in [0, 0.05) is 24.6 Å². The number of anilines is 1. The van der Waals surface area contributed by atoms with Crippen LogP contribution in [0, 0.1) is 6.92 Å². The molecule has 0 spiro atoms. The van der Waals surface area contributed by atoms with Gasteiger partial charge in [0.15, 0.2) is 0 Å². The Hall–Kier alpha value is -3.82. The van der Waals surface area contributed by atoms with E-state index >= 15 is 0 Å². The molecule has 0 aliphatic carbocycles. The number of alkyl halides is 3. The number of methoxy groups -OCH3 is 1. The highest BCUT2D eigenvalue weighted by molar-refractivity contribution is 5.94. The van der Waals surface area contributed by atoms with Gasteiger partial charge in [-0.3, -0.25) is 9.59 Å². The van der Waals surface area contributed by atoms with E-state index in [4.69, 9.17) is 4.74 Å². The lowest BCUT2D eigenvalue weighted by Crippen LogP contribution is -2.25. The number of amides is 2. The van der Waals surface area contributed by atoms with E-state index in [0.717, 1.165) is 12.1 Å². The van der Waals surface area contributed by atoms with Crippen molar-refractivity contribution >= 4 is 17.6 Å². The van der Waals surface area contributed by atoms with Gasteiger partial charge >= 0.3 is 6.18 Å². The quantitative estimate of drug-likeness (QED) is 0.490. The number of hydrogen-bond acceptors (Lipinski definition) is 4. The van der Waals surface area contributed by atoms with Gasteiger partial charge < -0.3 is 15.4 Å². The van der Waals surface area contributed by atoms with Crippen LogP contribution < -0.4 is 15.4 Å². The summed E-state index contributed by atoms with van der Waals surface area (Å²) in [6.45, 7) is 1.96. The largest absolute Gasteiger partial charge is 0.497 e. The first-order valence-corrected chi connectivity index (χ1v) is 10.1. The molecular weight excluding hydrogens is 437 g/mol. The maximum absolute atomic E-state index is 13.0. The van der Waals surface area contributed by atoms with E-state index in [1.165, 1.54) is 23.9 Å². The van der Waals surface area contributed by atoms with Crippen molar-refractivity contribution in [3.8, 4) is 11.4 Å². The number of hydrogen-bond donors (Lipinski definition) is 2. The molecule has 0 fully saturated rings. The normalized spacial score (nSPS) is 11.2. The molecule has 10 heteroatoms. The third kappa shape index (κ3) is 6.34. The molecule has 0 aliphatic heterocycles. The van der Waals surface area contributed by atoms with Crippen LogP contribution in [0.4, 0.5) is 19.0 Å². The Morgan fingerprint density at radius 3 is 2.48 bits per heavy atom. The molecule has 2 N–H and O–H groups in total. The van der Waals surface area contributed by atoms with Crippen LogP contribution in [0.1, 0.15) is 34.5 Å². The molecule has 0 aliphatic rings. The second kappa shape index (κ2) is 10.2. The maximum atomic E-state index is 13.0. The van der Waals surface area contributed by atoms with Crippen LogP contribution in [0.2, 0.25) is 0 Å². The second-order valence-electron chi connectivity index (χ2n) is 7.27. The Balaban J connectivity index is 1.55. The first-order valence-electron chi connectivity index (χ1n) is 10.1. The molecule has 1 heterocycles. The molecular formula is C23H23F3N4O3. The van der Waals surface area contributed by atoms with E-state index in [2.05, 4.69) is 15.7 Å². The fourth-order valence-corrected chi connectivity index (χ4v) is 3.10. The summed E-state index contributed by atoms with van der Waals surface area (Å²) < 4.78 is 45.4. The lowest BCUT2D eigenvalue weighted by Gasteiger charge is -2.12. The van der Waals surface area contributed by atoms with Gasteiger partial charge in [0.05, 0.1) is 24.1 Å². The number of aryl methyl sites for hydroxylation is 1. The van der Waals surface area contributed by atoms with Gasteiger partial charge in [-0.2, -0.15) is 18.3 Å². The van der Waals surface area contributed by atoms with E-state index in [9.17, 15) is 22.8 Å². The van der Waals surface area contributed by atoms with Gasteiger partial charge in [0.25, 0.3) is 5.91 Å². The number of nitrogens with zero attached hydrogens (tertiary/aromatic N) is 2. The first kappa shape index (κ1) is 23.8. The van der Waals surface area contributed by atoms with Crippen LogP contribution in [0.15, 0.2) is 54.6 Å². The van der Waals surface area contributed by atoms with Crippen molar-refractivity contribution in [3.63, 3.8) is 0 Å². The molecule has 33 heavy (non-hydrogen) atoms. The molecule has 0 radical (unpaired) electrons. The molecule has 0 unspecified atom stereocenters. The van der Waals surface area contributed by atoms with E-state index in [1.807, 2.05) is 0 Å². The van der Waals surface area contributed by atoms with Crippen LogP contribution in [0.3, 0.4) is 0 Å². The van der Waals surface area contributed by atoms with Gasteiger partial charge in [-0.1, -0.05) is 6.07 Å². The Bertz CT molecular complexity index is 1120. The minimum Gasteiger partial charge on any atom is -0.497 e. The van der Waals surface area contributed by atoms with Crippen molar-refractivity contribution < 1.29 is 27.5 Å². The summed E-state index contributed by atoms with van der Waals surface area (Å²) in [4.78, 5) is 24.5. The standard InChI is InChI=1S/C23H23F3N4O3/c1-15-13-20(30(29-15)18-6-3-5-17(14-18)23(24,25)26)28-21(31)7-4-12-27-22(32)16-8-10-19(33-2)11-9-16/h3,5-6,8-11,13-14H,4,7,12H2,1-2H3,(H,27,32)(H,28,31). The average molecular weight is 460 g/mol. The lowest BCUT2D eigenvalue weighted by atomic mass is 10.2. The third-order valence-electron chi connectivity index (χ3n) is 4.74. The second-order valence-corrected chi connectivity index (χ2v) is 7.27. The van der Waals surface area contributed by atoms with Gasteiger partial charge in [-0.25, -0.2) is 4.68 Å². The molecule has 3 rings (SSSR count). The van der Waals surface area contributed by atoms with Crippen molar-refractivity contribution in [2.24, 2.45) is 0 Å². The number of aromatic nitrogens is 2. The zero-order valence-corrected chi connectivity index (χ0v) is 18.1. The number of ether oxygens (including phenoxy) is 1. The fraction of sp³-hybridized carbons (Fsp3) is 0.261. The third-order valence-corrected chi connectivity index (χ3v) is 4.74. The van der Waals surface area contributed by atoms with Gasteiger partial charge in [-0.15, -0.1) is 0 Å². The van der Waals surface area contributed by atoms with Gasteiger partial charge in [-0.05, 0) is 55.8 Å². The summed E-state index contributed by atoms with van der Waals surface area (Å²) in [5.41, 5.74) is 0.383. The lowest BCUT2D eigenvalue weighted by molar-refractivity contribution is -0.137. The van der Waals surface area contributed by atoms with E-state index in [1.54, 1.807) is 37.3 Å². The van der Waals surface area contributed by atoms with Crippen LogP contribution in [-0.4, -0.2) is 35.2 Å². The highest BCUT2D eigenvalue weighted by Crippen LogP contribution is 2.31. The van der Waals surface area contributed by atoms with Crippen LogP contribution >= 0.6 is 0 Å². The predicted octanol–water partition coefficient (Wildman–Crippen LogP) is 4.36. The molecule has 0 bridgehead atoms. The summed E-state index contributed by atoms with van der Waals surface area (Å²) in [5, 5.41) is 9.60. The van der Waals surface area contributed by atoms with Crippen LogP contribution in [0.5, 0.6) is 5.75 Å². The molecule has 2 aromatic carbocycles. The Labute approximate surface area is 188 Å². The number of carbonyl (C=O) groups excluding carboxylic acids is 2. The monoisotopic (exact) mass is 460 g/mol. The van der Waals surface area contributed by atoms with E-state index in [-0.39, 0.29) is 36.3 Å². The molecule has 1 aromatic heterocycles. The minimum atomic E-state index is -4.49. The van der Waals surface area contributed by atoms with E-state index in [0.29, 0.717) is 23.4 Å². The Kier molecular flexibility index (Phi) is 7.37. The van der Waals surface area contributed by atoms with E-state index < -0.39 is 11.7 Å². The summed E-state index contributed by atoms with van der Waals surface area (Å²) in [6.07, 6.45) is -4.00. The molecule has 0 saturated heterocycles. The first-order chi connectivity index (χ1) is 15.7. The van der Waals surface area contributed by atoms with Crippen molar-refractivity contribution in [1.82, 2.24) is 15.1 Å². The van der Waals surface area contributed by atoms with Crippen molar-refractivity contribution in [3.05, 3.63) is 71.4 Å². The maximum Gasteiger partial charge on any atom is 0.416 e. The van der Waals surface area contributed by atoms with Crippen LogP contribution in [-0.2, 0) is 11.0 Å². The number of carbonyl (C=O) groups is 2. The molecule has 174 valence electrons. The molecule has 7 nitrogen and oxygen atoms in total. The number of benzene rings is 2. The highest BCUT2D eigenvalue weighted by atomic mass is 19.4. The number of rotatable bonds is 8. The topological polar surface area (TPSA) is 85.2 Å². The summed E-state index contributed by atoms with van der Waals surface area (Å²) in [7, 11) is 1.54. The van der Waals surface area contributed by atoms with Gasteiger partial charge in [0.2, 0.25) is 5.91 Å². The zero-order valence-electron chi connectivity index (χ0n) is 18.1. The number of nitrogens with one attached hydrogen (secondary N) is 2. The molecule has 0 saturated carbocycles. The number of halogens is 3. The molecule has 0 atom stereocenters.